The van der Waals surface area contributed by atoms with Crippen molar-refractivity contribution >= 4 is 39.8 Å². The van der Waals surface area contributed by atoms with E-state index in [0.29, 0.717) is 21.3 Å². The van der Waals surface area contributed by atoms with Crippen LogP contribution in [0.25, 0.3) is 0 Å². The molecular formula is C16H17ClN2O3S. The molecule has 2 amide bonds. The SMILES string of the molecule is Cc1cc(OCC(=O)Nc2sc(C)c(C)c2C(N)=O)ccc1Cl. The van der Waals surface area contributed by atoms with Crippen LogP contribution in [-0.2, 0) is 4.79 Å². The molecule has 5 nitrogen and oxygen atoms in total. The van der Waals surface area contributed by atoms with E-state index < -0.39 is 5.91 Å². The number of rotatable bonds is 5. The lowest BCUT2D eigenvalue weighted by Crippen LogP contribution is -2.22. The molecule has 122 valence electrons. The number of nitrogens with two attached hydrogens (primary N) is 1. The van der Waals surface area contributed by atoms with E-state index in [2.05, 4.69) is 5.32 Å². The number of anilines is 1. The summed E-state index contributed by atoms with van der Waals surface area (Å²) < 4.78 is 5.43. The van der Waals surface area contributed by atoms with Crippen molar-refractivity contribution in [1.29, 1.82) is 0 Å². The molecule has 1 heterocycles. The molecule has 0 saturated carbocycles. The Morgan fingerprint density at radius 3 is 2.61 bits per heavy atom. The molecule has 0 radical (unpaired) electrons. The second kappa shape index (κ2) is 7.02. The quantitative estimate of drug-likeness (QED) is 0.864. The third kappa shape index (κ3) is 4.03. The summed E-state index contributed by atoms with van der Waals surface area (Å²) in [5, 5.41) is 3.77. The molecule has 0 atom stereocenters. The van der Waals surface area contributed by atoms with Gasteiger partial charge >= 0.3 is 0 Å². The summed E-state index contributed by atoms with van der Waals surface area (Å²) in [7, 11) is 0. The normalized spacial score (nSPS) is 10.4. The van der Waals surface area contributed by atoms with Crippen LogP contribution in [0.5, 0.6) is 5.75 Å². The van der Waals surface area contributed by atoms with Gasteiger partial charge in [-0.1, -0.05) is 11.6 Å². The standard InChI is InChI=1S/C16H17ClN2O3S/c1-8-6-11(4-5-12(8)17)22-7-13(20)19-16-14(15(18)21)9(2)10(3)23-16/h4-6H,7H2,1-3H3,(H2,18,21)(H,19,20). The van der Waals surface area contributed by atoms with Gasteiger partial charge in [0.25, 0.3) is 11.8 Å². The van der Waals surface area contributed by atoms with E-state index in [0.717, 1.165) is 16.0 Å². The molecule has 3 N–H and O–H groups in total. The molecule has 0 unspecified atom stereocenters. The van der Waals surface area contributed by atoms with Crippen molar-refractivity contribution in [2.75, 3.05) is 11.9 Å². The zero-order chi connectivity index (χ0) is 17.1. The number of carbonyl (C=O) groups excluding carboxylic acids is 2. The van der Waals surface area contributed by atoms with E-state index in [1.165, 1.54) is 11.3 Å². The van der Waals surface area contributed by atoms with E-state index in [1.807, 2.05) is 13.8 Å². The van der Waals surface area contributed by atoms with Crippen LogP contribution in [0.1, 0.15) is 26.4 Å². The number of halogens is 1. The molecular weight excluding hydrogens is 336 g/mol. The third-order valence-corrected chi connectivity index (χ3v) is 4.93. The maximum absolute atomic E-state index is 12.0. The highest BCUT2D eigenvalue weighted by atomic mass is 35.5. The number of hydrogen-bond acceptors (Lipinski definition) is 4. The van der Waals surface area contributed by atoms with E-state index in [-0.39, 0.29) is 12.5 Å². The highest BCUT2D eigenvalue weighted by Crippen LogP contribution is 2.32. The van der Waals surface area contributed by atoms with Gasteiger partial charge in [0.05, 0.1) is 5.56 Å². The Balaban J connectivity index is 2.04. The first kappa shape index (κ1) is 17.3. The van der Waals surface area contributed by atoms with Gasteiger partial charge in [0, 0.05) is 9.90 Å². The minimum atomic E-state index is -0.559. The van der Waals surface area contributed by atoms with Crippen molar-refractivity contribution < 1.29 is 14.3 Å². The summed E-state index contributed by atoms with van der Waals surface area (Å²) in [4.78, 5) is 24.5. The molecule has 0 fully saturated rings. The topological polar surface area (TPSA) is 81.4 Å². The van der Waals surface area contributed by atoms with E-state index in [4.69, 9.17) is 22.1 Å². The van der Waals surface area contributed by atoms with Gasteiger partial charge in [-0.3, -0.25) is 9.59 Å². The number of primary amides is 1. The largest absolute Gasteiger partial charge is 0.484 e. The van der Waals surface area contributed by atoms with Crippen molar-refractivity contribution in [3.8, 4) is 5.75 Å². The first-order valence-corrected chi connectivity index (χ1v) is 8.07. The molecule has 7 heteroatoms. The van der Waals surface area contributed by atoms with E-state index in [1.54, 1.807) is 25.1 Å². The van der Waals surface area contributed by atoms with Crippen LogP contribution in [-0.4, -0.2) is 18.4 Å². The van der Waals surface area contributed by atoms with Gasteiger partial charge in [0.15, 0.2) is 6.61 Å². The van der Waals surface area contributed by atoms with Crippen LogP contribution in [0.3, 0.4) is 0 Å². The van der Waals surface area contributed by atoms with Gasteiger partial charge in [-0.25, -0.2) is 0 Å². The maximum Gasteiger partial charge on any atom is 0.262 e. The monoisotopic (exact) mass is 352 g/mol. The summed E-state index contributed by atoms with van der Waals surface area (Å²) in [6, 6.07) is 5.15. The Labute approximate surface area is 143 Å². The predicted molar refractivity (Wildman–Crippen MR) is 92.6 cm³/mol. The van der Waals surface area contributed by atoms with Gasteiger partial charge in [-0.05, 0) is 50.1 Å². The highest BCUT2D eigenvalue weighted by Gasteiger charge is 2.19. The van der Waals surface area contributed by atoms with Crippen molar-refractivity contribution in [1.82, 2.24) is 0 Å². The predicted octanol–water partition coefficient (Wildman–Crippen LogP) is 3.44. The number of hydrogen-bond donors (Lipinski definition) is 2. The molecule has 0 aliphatic rings. The van der Waals surface area contributed by atoms with Crippen molar-refractivity contribution in [2.24, 2.45) is 5.73 Å². The number of amides is 2. The number of nitrogens with one attached hydrogen (secondary N) is 1. The Morgan fingerprint density at radius 2 is 2.00 bits per heavy atom. The average molecular weight is 353 g/mol. The fourth-order valence-corrected chi connectivity index (χ4v) is 3.23. The molecule has 1 aromatic carbocycles. The fraction of sp³-hybridized carbons (Fsp3) is 0.250. The number of ether oxygens (including phenoxy) is 1. The molecule has 2 rings (SSSR count). The number of carbonyl (C=O) groups is 2. The van der Waals surface area contributed by atoms with Gasteiger partial charge in [0.1, 0.15) is 10.8 Å². The van der Waals surface area contributed by atoms with Gasteiger partial charge < -0.3 is 15.8 Å². The fourth-order valence-electron chi connectivity index (χ4n) is 2.03. The molecule has 0 bridgehead atoms. The average Bonchev–Trinajstić information content (AvgIpc) is 2.75. The Hall–Kier alpha value is -2.05. The lowest BCUT2D eigenvalue weighted by Gasteiger charge is -2.08. The minimum Gasteiger partial charge on any atom is -0.484 e. The third-order valence-electron chi connectivity index (χ3n) is 3.38. The Kier molecular flexibility index (Phi) is 5.28. The van der Waals surface area contributed by atoms with Gasteiger partial charge in [-0.2, -0.15) is 0 Å². The highest BCUT2D eigenvalue weighted by molar-refractivity contribution is 7.16. The van der Waals surface area contributed by atoms with E-state index >= 15 is 0 Å². The van der Waals surface area contributed by atoms with Crippen LogP contribution in [0.2, 0.25) is 5.02 Å². The first-order valence-electron chi connectivity index (χ1n) is 6.88. The van der Waals surface area contributed by atoms with Crippen LogP contribution in [0.15, 0.2) is 18.2 Å². The summed E-state index contributed by atoms with van der Waals surface area (Å²) in [5.74, 6) is -0.367. The summed E-state index contributed by atoms with van der Waals surface area (Å²) >= 11 is 7.26. The molecule has 0 aliphatic carbocycles. The second-order valence-electron chi connectivity index (χ2n) is 5.10. The van der Waals surface area contributed by atoms with Crippen molar-refractivity contribution in [3.63, 3.8) is 0 Å². The zero-order valence-electron chi connectivity index (χ0n) is 13.0. The molecule has 0 aliphatic heterocycles. The molecule has 23 heavy (non-hydrogen) atoms. The molecule has 2 aromatic rings. The number of aryl methyl sites for hydroxylation is 2. The summed E-state index contributed by atoms with van der Waals surface area (Å²) in [5.41, 5.74) is 7.37. The van der Waals surface area contributed by atoms with Gasteiger partial charge in [-0.15, -0.1) is 11.3 Å². The number of benzene rings is 1. The zero-order valence-corrected chi connectivity index (χ0v) is 14.6. The second-order valence-corrected chi connectivity index (χ2v) is 6.73. The lowest BCUT2D eigenvalue weighted by molar-refractivity contribution is -0.118. The number of thiophene rings is 1. The van der Waals surface area contributed by atoms with Gasteiger partial charge in [0.2, 0.25) is 0 Å². The smallest absolute Gasteiger partial charge is 0.262 e. The summed E-state index contributed by atoms with van der Waals surface area (Å²) in [6.07, 6.45) is 0. The first-order chi connectivity index (χ1) is 10.8. The van der Waals surface area contributed by atoms with Crippen molar-refractivity contribution in [2.45, 2.75) is 20.8 Å². The minimum absolute atomic E-state index is 0.171. The van der Waals surface area contributed by atoms with Crippen molar-refractivity contribution in [3.05, 3.63) is 44.8 Å². The lowest BCUT2D eigenvalue weighted by atomic mass is 10.1. The molecule has 0 saturated heterocycles. The van der Waals surface area contributed by atoms with Crippen LogP contribution >= 0.6 is 22.9 Å². The Bertz CT molecular complexity index is 771. The summed E-state index contributed by atoms with van der Waals surface area (Å²) in [6.45, 7) is 5.35. The molecule has 1 aromatic heterocycles. The maximum atomic E-state index is 12.0. The van der Waals surface area contributed by atoms with Crippen LogP contribution < -0.4 is 15.8 Å². The van der Waals surface area contributed by atoms with Crippen LogP contribution in [0, 0.1) is 20.8 Å². The molecule has 0 spiro atoms. The van der Waals surface area contributed by atoms with E-state index in [9.17, 15) is 9.59 Å². The Morgan fingerprint density at radius 1 is 1.30 bits per heavy atom. The van der Waals surface area contributed by atoms with Crippen LogP contribution in [0.4, 0.5) is 5.00 Å².